The van der Waals surface area contributed by atoms with Crippen LogP contribution in [0.1, 0.15) is 29.2 Å². The van der Waals surface area contributed by atoms with Crippen molar-refractivity contribution in [3.63, 3.8) is 0 Å². The molecule has 3 rings (SSSR count). The maximum Gasteiger partial charge on any atom is 0.161 e. The average Bonchev–Trinajstić information content (AvgIpc) is 2.80. The molecular formula is C26H39N3O4. The predicted octanol–water partition coefficient (Wildman–Crippen LogP) is 3.21. The lowest BCUT2D eigenvalue weighted by Gasteiger charge is -2.29. The highest BCUT2D eigenvalue weighted by atomic mass is 16.5. The largest absolute Gasteiger partial charge is 0.493 e. The van der Waals surface area contributed by atoms with Gasteiger partial charge in [-0.3, -0.25) is 0 Å². The van der Waals surface area contributed by atoms with Crippen LogP contribution >= 0.6 is 0 Å². The molecule has 1 aliphatic heterocycles. The summed E-state index contributed by atoms with van der Waals surface area (Å²) >= 11 is 0. The van der Waals surface area contributed by atoms with Gasteiger partial charge in [-0.1, -0.05) is 6.07 Å². The van der Waals surface area contributed by atoms with E-state index in [2.05, 4.69) is 53.5 Å². The Kier molecular flexibility index (Phi) is 9.23. The van der Waals surface area contributed by atoms with Crippen molar-refractivity contribution in [2.24, 2.45) is 0 Å². The molecule has 1 aliphatic rings. The van der Waals surface area contributed by atoms with Crippen molar-refractivity contribution >= 4 is 0 Å². The van der Waals surface area contributed by atoms with E-state index in [1.807, 2.05) is 20.2 Å². The van der Waals surface area contributed by atoms with Crippen LogP contribution in [0.25, 0.3) is 0 Å². The van der Waals surface area contributed by atoms with Gasteiger partial charge in [0, 0.05) is 19.6 Å². The van der Waals surface area contributed by atoms with E-state index in [4.69, 9.17) is 18.9 Å². The fraction of sp³-hybridized carbons (Fsp3) is 0.538. The SMILES string of the molecule is COc1cc2c(cc1OCCCN(C)C)C(c1ccc(OCCN(C)C)c(OC)c1)NCC2. The van der Waals surface area contributed by atoms with Gasteiger partial charge in [0.2, 0.25) is 0 Å². The average molecular weight is 458 g/mol. The molecule has 0 saturated heterocycles. The molecule has 1 unspecified atom stereocenters. The van der Waals surface area contributed by atoms with Crippen molar-refractivity contribution in [1.29, 1.82) is 0 Å². The van der Waals surface area contributed by atoms with E-state index in [-0.39, 0.29) is 6.04 Å². The fourth-order valence-corrected chi connectivity index (χ4v) is 4.02. The lowest BCUT2D eigenvalue weighted by molar-refractivity contribution is 0.250. The first kappa shape index (κ1) is 25.1. The number of nitrogens with one attached hydrogen (secondary N) is 1. The van der Waals surface area contributed by atoms with E-state index in [1.54, 1.807) is 14.2 Å². The summed E-state index contributed by atoms with van der Waals surface area (Å²) in [6.07, 6.45) is 1.91. The summed E-state index contributed by atoms with van der Waals surface area (Å²) in [6, 6.07) is 10.5. The van der Waals surface area contributed by atoms with Crippen molar-refractivity contribution in [3.05, 3.63) is 47.0 Å². The Hall–Kier alpha value is -2.48. The first-order chi connectivity index (χ1) is 15.9. The normalized spacial score (nSPS) is 15.5. The molecule has 0 fully saturated rings. The molecule has 0 spiro atoms. The van der Waals surface area contributed by atoms with Crippen LogP contribution in [0.2, 0.25) is 0 Å². The highest BCUT2D eigenvalue weighted by Gasteiger charge is 2.25. The second kappa shape index (κ2) is 12.1. The summed E-state index contributed by atoms with van der Waals surface area (Å²) in [6.45, 7) is 3.99. The van der Waals surface area contributed by atoms with E-state index in [0.29, 0.717) is 13.2 Å². The Balaban J connectivity index is 1.83. The van der Waals surface area contributed by atoms with Gasteiger partial charge in [-0.15, -0.1) is 0 Å². The number of hydrogen-bond donors (Lipinski definition) is 1. The zero-order valence-electron chi connectivity index (χ0n) is 20.9. The standard InChI is InChI=1S/C26H39N3O4/c1-28(2)12-7-14-32-25-18-21-19(16-24(25)31-6)10-11-27-26(21)20-8-9-22(23(17-20)30-5)33-15-13-29(3)4/h8-9,16-18,26-27H,7,10-15H2,1-6H3. The summed E-state index contributed by atoms with van der Waals surface area (Å²) in [5.74, 6) is 3.09. The van der Waals surface area contributed by atoms with Crippen molar-refractivity contribution in [2.75, 3.05) is 75.3 Å². The summed E-state index contributed by atoms with van der Waals surface area (Å²) in [4.78, 5) is 4.26. The smallest absolute Gasteiger partial charge is 0.161 e. The van der Waals surface area contributed by atoms with Gasteiger partial charge in [-0.05, 0) is 82.0 Å². The van der Waals surface area contributed by atoms with Gasteiger partial charge >= 0.3 is 0 Å². The molecule has 1 heterocycles. The molecule has 0 radical (unpaired) electrons. The number of ether oxygens (including phenoxy) is 4. The van der Waals surface area contributed by atoms with Crippen LogP contribution in [0.4, 0.5) is 0 Å². The van der Waals surface area contributed by atoms with E-state index in [0.717, 1.165) is 61.0 Å². The highest BCUT2D eigenvalue weighted by Crippen LogP contribution is 2.39. The van der Waals surface area contributed by atoms with Crippen molar-refractivity contribution in [3.8, 4) is 23.0 Å². The molecule has 7 nitrogen and oxygen atoms in total. The molecule has 182 valence electrons. The van der Waals surface area contributed by atoms with Gasteiger partial charge in [0.1, 0.15) is 6.61 Å². The lowest BCUT2D eigenvalue weighted by atomic mass is 9.89. The van der Waals surface area contributed by atoms with Crippen molar-refractivity contribution < 1.29 is 18.9 Å². The maximum absolute atomic E-state index is 6.13. The van der Waals surface area contributed by atoms with Gasteiger partial charge in [0.15, 0.2) is 23.0 Å². The number of hydrogen-bond acceptors (Lipinski definition) is 7. The van der Waals surface area contributed by atoms with Gasteiger partial charge in [-0.2, -0.15) is 0 Å². The van der Waals surface area contributed by atoms with Crippen LogP contribution in [0.5, 0.6) is 23.0 Å². The van der Waals surface area contributed by atoms with Gasteiger partial charge in [0.25, 0.3) is 0 Å². The molecule has 1 N–H and O–H groups in total. The first-order valence-electron chi connectivity index (χ1n) is 11.6. The number of benzene rings is 2. The van der Waals surface area contributed by atoms with E-state index >= 15 is 0 Å². The molecular weight excluding hydrogens is 418 g/mol. The molecule has 0 aliphatic carbocycles. The van der Waals surface area contributed by atoms with Gasteiger partial charge < -0.3 is 34.1 Å². The minimum Gasteiger partial charge on any atom is -0.493 e. The van der Waals surface area contributed by atoms with E-state index < -0.39 is 0 Å². The third kappa shape index (κ3) is 6.76. The Morgan fingerprint density at radius 3 is 2.21 bits per heavy atom. The molecule has 1 atom stereocenters. The Labute approximate surface area is 198 Å². The van der Waals surface area contributed by atoms with Crippen molar-refractivity contribution in [2.45, 2.75) is 18.9 Å². The molecule has 0 saturated carbocycles. The van der Waals surface area contributed by atoms with E-state index in [9.17, 15) is 0 Å². The van der Waals surface area contributed by atoms with Crippen molar-refractivity contribution in [1.82, 2.24) is 15.1 Å². The number of fused-ring (bicyclic) bond motifs is 1. The minimum absolute atomic E-state index is 0.0495. The number of likely N-dealkylation sites (N-methyl/N-ethyl adjacent to an activating group) is 1. The maximum atomic E-state index is 6.13. The molecule has 0 amide bonds. The van der Waals surface area contributed by atoms with Crippen LogP contribution < -0.4 is 24.3 Å². The molecule has 2 aromatic carbocycles. The van der Waals surface area contributed by atoms with Crippen LogP contribution in [-0.4, -0.2) is 85.1 Å². The topological polar surface area (TPSA) is 55.4 Å². The summed E-state index contributed by atoms with van der Waals surface area (Å²) in [5, 5.41) is 3.66. The highest BCUT2D eigenvalue weighted by molar-refractivity contribution is 5.53. The number of methoxy groups -OCH3 is 2. The molecule has 0 aromatic heterocycles. The zero-order valence-corrected chi connectivity index (χ0v) is 20.9. The Morgan fingerprint density at radius 2 is 1.52 bits per heavy atom. The first-order valence-corrected chi connectivity index (χ1v) is 11.6. The summed E-state index contributed by atoms with van der Waals surface area (Å²) in [7, 11) is 11.6. The third-order valence-corrected chi connectivity index (χ3v) is 5.80. The minimum atomic E-state index is 0.0495. The lowest BCUT2D eigenvalue weighted by Crippen LogP contribution is -2.30. The Morgan fingerprint density at radius 1 is 0.818 bits per heavy atom. The van der Waals surface area contributed by atoms with Gasteiger partial charge in [0.05, 0.1) is 26.9 Å². The number of nitrogens with zero attached hydrogens (tertiary/aromatic N) is 2. The quantitative estimate of drug-likeness (QED) is 0.491. The third-order valence-electron chi connectivity index (χ3n) is 5.80. The predicted molar refractivity (Wildman–Crippen MR) is 132 cm³/mol. The molecule has 33 heavy (non-hydrogen) atoms. The van der Waals surface area contributed by atoms with Crippen LogP contribution in [0.15, 0.2) is 30.3 Å². The van der Waals surface area contributed by atoms with E-state index in [1.165, 1.54) is 11.1 Å². The van der Waals surface area contributed by atoms with Crippen LogP contribution in [0.3, 0.4) is 0 Å². The van der Waals surface area contributed by atoms with Crippen LogP contribution in [0, 0.1) is 0 Å². The fourth-order valence-electron chi connectivity index (χ4n) is 4.02. The number of rotatable bonds is 12. The molecule has 0 bridgehead atoms. The van der Waals surface area contributed by atoms with Crippen LogP contribution in [-0.2, 0) is 6.42 Å². The molecule has 7 heteroatoms. The van der Waals surface area contributed by atoms with Gasteiger partial charge in [-0.25, -0.2) is 0 Å². The second-order valence-corrected chi connectivity index (χ2v) is 8.91. The molecule has 2 aromatic rings. The second-order valence-electron chi connectivity index (χ2n) is 8.91. The monoisotopic (exact) mass is 457 g/mol. The zero-order chi connectivity index (χ0) is 23.8. The summed E-state index contributed by atoms with van der Waals surface area (Å²) < 4.78 is 23.4. The summed E-state index contributed by atoms with van der Waals surface area (Å²) in [5.41, 5.74) is 3.63. The Bertz CT molecular complexity index is 901.